The highest BCUT2D eigenvalue weighted by atomic mass is 35.5. The van der Waals surface area contributed by atoms with Gasteiger partial charge >= 0.3 is 12.0 Å². The number of hydrogen-bond donors (Lipinski definition) is 3. The van der Waals surface area contributed by atoms with Crippen LogP contribution in [-0.2, 0) is 11.3 Å². The first-order valence-electron chi connectivity index (χ1n) is 6.04. The maximum Gasteiger partial charge on any atom is 0.326 e. The molecule has 0 fully saturated rings. The number of rotatable bonds is 6. The van der Waals surface area contributed by atoms with Gasteiger partial charge in [-0.05, 0) is 24.1 Å². The summed E-state index contributed by atoms with van der Waals surface area (Å²) in [5.41, 5.74) is 0.852. The topological polar surface area (TPSA) is 78.4 Å². The Kier molecular flexibility index (Phi) is 6.15. The van der Waals surface area contributed by atoms with Crippen LogP contribution in [0.15, 0.2) is 24.3 Å². The van der Waals surface area contributed by atoms with Crippen molar-refractivity contribution in [1.29, 1.82) is 0 Å². The summed E-state index contributed by atoms with van der Waals surface area (Å²) in [5, 5.41) is 14.5. The zero-order valence-corrected chi connectivity index (χ0v) is 11.4. The Bertz CT molecular complexity index is 451. The lowest BCUT2D eigenvalue weighted by Crippen LogP contribution is -2.45. The number of nitrogens with one attached hydrogen (secondary N) is 2. The second kappa shape index (κ2) is 7.63. The number of carbonyl (C=O) groups is 2. The van der Waals surface area contributed by atoms with Gasteiger partial charge in [-0.2, -0.15) is 0 Å². The molecular weight excluding hydrogens is 268 g/mol. The summed E-state index contributed by atoms with van der Waals surface area (Å²) in [6.07, 6.45) is 1.09. The second-order valence-electron chi connectivity index (χ2n) is 4.14. The smallest absolute Gasteiger partial charge is 0.326 e. The van der Waals surface area contributed by atoms with E-state index in [0.29, 0.717) is 24.4 Å². The summed E-state index contributed by atoms with van der Waals surface area (Å²) in [6.45, 7) is 2.16. The van der Waals surface area contributed by atoms with Crippen molar-refractivity contribution in [1.82, 2.24) is 10.6 Å². The molecule has 0 aliphatic rings. The fraction of sp³-hybridized carbons (Fsp3) is 0.385. The van der Waals surface area contributed by atoms with Crippen LogP contribution in [0.5, 0.6) is 0 Å². The van der Waals surface area contributed by atoms with Gasteiger partial charge in [0.25, 0.3) is 0 Å². The number of halogens is 1. The fourth-order valence-corrected chi connectivity index (χ4v) is 1.80. The standard InChI is InChI=1S/C13H17ClN2O3/c1-2-4-11(12(17)18)16-13(19)15-8-9-5-3-6-10(14)7-9/h3,5-7,11H,2,4,8H2,1H3,(H,17,18)(H2,15,16,19)/t11-/m1/s1. The highest BCUT2D eigenvalue weighted by Gasteiger charge is 2.18. The zero-order chi connectivity index (χ0) is 14.3. The first kappa shape index (κ1) is 15.3. The minimum absolute atomic E-state index is 0.296. The van der Waals surface area contributed by atoms with E-state index in [1.54, 1.807) is 18.2 Å². The molecule has 104 valence electrons. The highest BCUT2D eigenvalue weighted by molar-refractivity contribution is 6.30. The molecule has 1 aromatic carbocycles. The van der Waals surface area contributed by atoms with Crippen molar-refractivity contribution in [2.45, 2.75) is 32.4 Å². The molecular formula is C13H17ClN2O3. The van der Waals surface area contributed by atoms with Crippen molar-refractivity contribution in [3.8, 4) is 0 Å². The molecule has 2 amide bonds. The van der Waals surface area contributed by atoms with Crippen LogP contribution in [0, 0.1) is 0 Å². The number of carboxylic acid groups (broad SMARTS) is 1. The molecule has 0 aromatic heterocycles. The van der Waals surface area contributed by atoms with Gasteiger partial charge in [0, 0.05) is 11.6 Å². The predicted molar refractivity (Wildman–Crippen MR) is 73.2 cm³/mol. The van der Waals surface area contributed by atoms with Crippen LogP contribution in [0.1, 0.15) is 25.3 Å². The van der Waals surface area contributed by atoms with Gasteiger partial charge in [0.2, 0.25) is 0 Å². The van der Waals surface area contributed by atoms with E-state index in [1.165, 1.54) is 0 Å². The van der Waals surface area contributed by atoms with E-state index in [-0.39, 0.29) is 0 Å². The van der Waals surface area contributed by atoms with E-state index in [0.717, 1.165) is 5.56 Å². The van der Waals surface area contributed by atoms with Gasteiger partial charge in [-0.25, -0.2) is 9.59 Å². The third-order valence-corrected chi connectivity index (χ3v) is 2.76. The lowest BCUT2D eigenvalue weighted by molar-refractivity contribution is -0.139. The van der Waals surface area contributed by atoms with Crippen LogP contribution >= 0.6 is 11.6 Å². The number of hydrogen-bond acceptors (Lipinski definition) is 2. The molecule has 1 atom stereocenters. The molecule has 5 nitrogen and oxygen atoms in total. The molecule has 3 N–H and O–H groups in total. The van der Waals surface area contributed by atoms with Gasteiger partial charge in [-0.15, -0.1) is 0 Å². The number of aliphatic carboxylic acids is 1. The molecule has 0 spiro atoms. The molecule has 6 heteroatoms. The Morgan fingerprint density at radius 1 is 1.42 bits per heavy atom. The maximum absolute atomic E-state index is 11.6. The number of benzene rings is 1. The quantitative estimate of drug-likeness (QED) is 0.750. The Morgan fingerprint density at radius 2 is 2.16 bits per heavy atom. The SMILES string of the molecule is CCC[C@@H](NC(=O)NCc1cccc(Cl)c1)C(=O)O. The van der Waals surface area contributed by atoms with E-state index in [1.807, 2.05) is 13.0 Å². The number of carbonyl (C=O) groups excluding carboxylic acids is 1. The van der Waals surface area contributed by atoms with Gasteiger partial charge in [0.05, 0.1) is 0 Å². The van der Waals surface area contributed by atoms with Crippen molar-refractivity contribution in [3.63, 3.8) is 0 Å². The summed E-state index contributed by atoms with van der Waals surface area (Å²) in [5.74, 6) is -1.03. The third-order valence-electron chi connectivity index (χ3n) is 2.52. The largest absolute Gasteiger partial charge is 0.480 e. The van der Waals surface area contributed by atoms with Crippen LogP contribution in [0.25, 0.3) is 0 Å². The summed E-state index contributed by atoms with van der Waals surface area (Å²) in [4.78, 5) is 22.5. The van der Waals surface area contributed by atoms with E-state index >= 15 is 0 Å². The molecule has 0 aliphatic carbocycles. The van der Waals surface area contributed by atoms with Crippen molar-refractivity contribution in [3.05, 3.63) is 34.9 Å². The average Bonchev–Trinajstić information content (AvgIpc) is 2.36. The first-order chi connectivity index (χ1) is 9.02. The maximum atomic E-state index is 11.6. The van der Waals surface area contributed by atoms with Crippen molar-refractivity contribution in [2.24, 2.45) is 0 Å². The molecule has 0 heterocycles. The van der Waals surface area contributed by atoms with Gasteiger partial charge in [-0.3, -0.25) is 0 Å². The van der Waals surface area contributed by atoms with Crippen LogP contribution < -0.4 is 10.6 Å². The molecule has 0 bridgehead atoms. The predicted octanol–water partition coefficient (Wildman–Crippen LogP) is 2.39. The Balaban J connectivity index is 2.44. The van der Waals surface area contributed by atoms with Crippen LogP contribution in [0.3, 0.4) is 0 Å². The van der Waals surface area contributed by atoms with Gasteiger partial charge < -0.3 is 15.7 Å². The summed E-state index contributed by atoms with van der Waals surface area (Å²) in [6, 6.07) is 5.74. The molecule has 1 aromatic rings. The lowest BCUT2D eigenvalue weighted by Gasteiger charge is -2.14. The summed E-state index contributed by atoms with van der Waals surface area (Å²) >= 11 is 5.82. The van der Waals surface area contributed by atoms with Crippen molar-refractivity contribution < 1.29 is 14.7 Å². The van der Waals surface area contributed by atoms with Crippen molar-refractivity contribution >= 4 is 23.6 Å². The minimum atomic E-state index is -1.03. The molecule has 0 aliphatic heterocycles. The number of amides is 2. The monoisotopic (exact) mass is 284 g/mol. The third kappa shape index (κ3) is 5.61. The molecule has 0 radical (unpaired) electrons. The summed E-state index contributed by atoms with van der Waals surface area (Å²) in [7, 11) is 0. The second-order valence-corrected chi connectivity index (χ2v) is 4.57. The van der Waals surface area contributed by atoms with E-state index < -0.39 is 18.0 Å². The van der Waals surface area contributed by atoms with Crippen molar-refractivity contribution in [2.75, 3.05) is 0 Å². The normalized spacial score (nSPS) is 11.7. The minimum Gasteiger partial charge on any atom is -0.480 e. The van der Waals surface area contributed by atoms with Gasteiger partial charge in [0.15, 0.2) is 0 Å². The van der Waals surface area contributed by atoms with Gasteiger partial charge in [0.1, 0.15) is 6.04 Å². The van der Waals surface area contributed by atoms with E-state index in [2.05, 4.69) is 10.6 Å². The fourth-order valence-electron chi connectivity index (χ4n) is 1.58. The van der Waals surface area contributed by atoms with Crippen LogP contribution in [0.2, 0.25) is 5.02 Å². The lowest BCUT2D eigenvalue weighted by atomic mass is 10.2. The van der Waals surface area contributed by atoms with Crippen LogP contribution in [0.4, 0.5) is 4.79 Å². The Labute approximate surface area is 117 Å². The molecule has 0 saturated carbocycles. The average molecular weight is 285 g/mol. The van der Waals surface area contributed by atoms with Crippen LogP contribution in [-0.4, -0.2) is 23.1 Å². The van der Waals surface area contributed by atoms with E-state index in [9.17, 15) is 9.59 Å². The van der Waals surface area contributed by atoms with Gasteiger partial charge in [-0.1, -0.05) is 37.1 Å². The molecule has 1 rings (SSSR count). The molecule has 0 saturated heterocycles. The first-order valence-corrected chi connectivity index (χ1v) is 6.42. The Hall–Kier alpha value is -1.75. The molecule has 19 heavy (non-hydrogen) atoms. The number of carboxylic acids is 1. The van der Waals surface area contributed by atoms with E-state index in [4.69, 9.17) is 16.7 Å². The zero-order valence-electron chi connectivity index (χ0n) is 10.6. The molecule has 0 unspecified atom stereocenters. The number of urea groups is 1. The highest BCUT2D eigenvalue weighted by Crippen LogP contribution is 2.10. The summed E-state index contributed by atoms with van der Waals surface area (Å²) < 4.78 is 0. The Morgan fingerprint density at radius 3 is 2.74 bits per heavy atom.